The Hall–Kier alpha value is -3.58. The van der Waals surface area contributed by atoms with E-state index in [9.17, 15) is 9.59 Å². The van der Waals surface area contributed by atoms with Crippen molar-refractivity contribution in [2.75, 3.05) is 12.9 Å². The van der Waals surface area contributed by atoms with Crippen LogP contribution in [0.25, 0.3) is 16.6 Å². The number of hydrogen-bond donors (Lipinski definition) is 1. The van der Waals surface area contributed by atoms with Crippen LogP contribution in [0.4, 0.5) is 0 Å². The average molecular weight is 474 g/mol. The maximum Gasteiger partial charge on any atom is 0.266 e. The first-order valence-electron chi connectivity index (χ1n) is 11.0. The van der Waals surface area contributed by atoms with Gasteiger partial charge in [-0.05, 0) is 61.7 Å². The molecule has 1 heterocycles. The summed E-state index contributed by atoms with van der Waals surface area (Å²) in [6.07, 6.45) is 0. The quantitative estimate of drug-likeness (QED) is 0.303. The summed E-state index contributed by atoms with van der Waals surface area (Å²) in [6.45, 7) is 6.09. The van der Waals surface area contributed by atoms with Crippen LogP contribution < -0.4 is 15.6 Å². The highest BCUT2D eigenvalue weighted by Gasteiger charge is 2.16. The molecule has 0 saturated carbocycles. The third kappa shape index (κ3) is 4.99. The molecule has 4 rings (SSSR count). The van der Waals surface area contributed by atoms with E-state index in [4.69, 9.17) is 9.72 Å². The van der Waals surface area contributed by atoms with Crippen LogP contribution in [0.1, 0.15) is 29.7 Å². The van der Waals surface area contributed by atoms with Crippen LogP contribution in [0, 0.1) is 13.8 Å². The zero-order valence-electron chi connectivity index (χ0n) is 19.7. The van der Waals surface area contributed by atoms with E-state index in [1.54, 1.807) is 25.3 Å². The zero-order chi connectivity index (χ0) is 24.2. The van der Waals surface area contributed by atoms with Crippen molar-refractivity contribution in [2.45, 2.75) is 32.0 Å². The average Bonchev–Trinajstić information content (AvgIpc) is 2.84. The summed E-state index contributed by atoms with van der Waals surface area (Å²) in [5, 5.41) is 4.01. The molecule has 1 aromatic heterocycles. The molecule has 1 amide bonds. The number of nitrogens with one attached hydrogen (secondary N) is 1. The molecule has 0 aliphatic rings. The van der Waals surface area contributed by atoms with Crippen LogP contribution in [0.15, 0.2) is 76.7 Å². The molecule has 0 fully saturated rings. The van der Waals surface area contributed by atoms with E-state index in [1.807, 2.05) is 43.3 Å². The van der Waals surface area contributed by atoms with Crippen molar-refractivity contribution in [2.24, 2.45) is 0 Å². The van der Waals surface area contributed by atoms with E-state index in [2.05, 4.69) is 31.3 Å². The molecule has 0 aliphatic carbocycles. The monoisotopic (exact) mass is 473 g/mol. The third-order valence-corrected chi connectivity index (χ3v) is 6.74. The molecule has 4 aromatic rings. The van der Waals surface area contributed by atoms with Gasteiger partial charge in [-0.3, -0.25) is 14.2 Å². The number of nitrogens with zero attached hydrogens (tertiary/aromatic N) is 2. The molecule has 0 saturated heterocycles. The van der Waals surface area contributed by atoms with Crippen molar-refractivity contribution in [3.63, 3.8) is 0 Å². The zero-order valence-corrected chi connectivity index (χ0v) is 20.5. The first kappa shape index (κ1) is 23.6. The number of methoxy groups -OCH3 is 1. The van der Waals surface area contributed by atoms with E-state index >= 15 is 0 Å². The number of carbonyl (C=O) groups is 1. The van der Waals surface area contributed by atoms with Crippen molar-refractivity contribution in [3.8, 4) is 11.4 Å². The van der Waals surface area contributed by atoms with Gasteiger partial charge in [0.2, 0.25) is 5.91 Å². The molecule has 1 N–H and O–H groups in total. The van der Waals surface area contributed by atoms with E-state index in [-0.39, 0.29) is 23.3 Å². The number of amides is 1. The number of thioether (sulfide) groups is 1. The molecule has 174 valence electrons. The van der Waals surface area contributed by atoms with Crippen molar-refractivity contribution in [1.29, 1.82) is 0 Å². The molecule has 7 heteroatoms. The molecule has 0 spiro atoms. The first-order valence-corrected chi connectivity index (χ1v) is 12.0. The normalized spacial score (nSPS) is 11.9. The fraction of sp³-hybridized carbons (Fsp3) is 0.222. The molecule has 1 unspecified atom stereocenters. The topological polar surface area (TPSA) is 73.2 Å². The fourth-order valence-electron chi connectivity index (χ4n) is 3.72. The number of ether oxygens (including phenoxy) is 1. The highest BCUT2D eigenvalue weighted by atomic mass is 32.2. The Kier molecular flexibility index (Phi) is 7.03. The molecule has 6 nitrogen and oxygen atoms in total. The predicted octanol–water partition coefficient (Wildman–Crippen LogP) is 4.98. The van der Waals surface area contributed by atoms with Crippen LogP contribution in [0.2, 0.25) is 0 Å². The van der Waals surface area contributed by atoms with Gasteiger partial charge in [0.1, 0.15) is 5.75 Å². The minimum absolute atomic E-state index is 0.127. The Labute approximate surface area is 203 Å². The summed E-state index contributed by atoms with van der Waals surface area (Å²) in [5.41, 5.74) is 4.50. The van der Waals surface area contributed by atoms with Gasteiger partial charge in [0.25, 0.3) is 5.56 Å². The van der Waals surface area contributed by atoms with Crippen molar-refractivity contribution in [1.82, 2.24) is 14.9 Å². The number of aromatic nitrogens is 2. The Morgan fingerprint density at radius 3 is 2.62 bits per heavy atom. The van der Waals surface area contributed by atoms with Gasteiger partial charge in [-0.25, -0.2) is 4.98 Å². The van der Waals surface area contributed by atoms with E-state index in [0.29, 0.717) is 27.5 Å². The Balaban J connectivity index is 1.61. The highest BCUT2D eigenvalue weighted by molar-refractivity contribution is 7.99. The summed E-state index contributed by atoms with van der Waals surface area (Å²) in [4.78, 5) is 30.9. The summed E-state index contributed by atoms with van der Waals surface area (Å²) in [5.74, 6) is 0.632. The van der Waals surface area contributed by atoms with Gasteiger partial charge in [0.15, 0.2) is 5.16 Å². The lowest BCUT2D eigenvalue weighted by Gasteiger charge is -2.17. The van der Waals surface area contributed by atoms with E-state index in [1.165, 1.54) is 27.5 Å². The second-order valence-electron chi connectivity index (χ2n) is 8.18. The second kappa shape index (κ2) is 10.1. The summed E-state index contributed by atoms with van der Waals surface area (Å²) in [6, 6.07) is 20.5. The van der Waals surface area contributed by atoms with Gasteiger partial charge in [-0.2, -0.15) is 0 Å². The van der Waals surface area contributed by atoms with Crippen LogP contribution in [-0.2, 0) is 4.79 Å². The lowest BCUT2D eigenvalue weighted by molar-refractivity contribution is -0.119. The minimum atomic E-state index is -0.190. The highest BCUT2D eigenvalue weighted by Crippen LogP contribution is 2.24. The van der Waals surface area contributed by atoms with Gasteiger partial charge in [-0.1, -0.05) is 48.2 Å². The van der Waals surface area contributed by atoms with E-state index < -0.39 is 0 Å². The lowest BCUT2D eigenvalue weighted by atomic mass is 10.0. The molecular weight excluding hydrogens is 446 g/mol. The number of benzene rings is 3. The van der Waals surface area contributed by atoms with Crippen LogP contribution in [-0.4, -0.2) is 28.3 Å². The van der Waals surface area contributed by atoms with Crippen LogP contribution in [0.5, 0.6) is 5.75 Å². The first-order chi connectivity index (χ1) is 16.4. The largest absolute Gasteiger partial charge is 0.497 e. The summed E-state index contributed by atoms with van der Waals surface area (Å²) < 4.78 is 6.87. The molecule has 34 heavy (non-hydrogen) atoms. The Morgan fingerprint density at radius 1 is 1.06 bits per heavy atom. The van der Waals surface area contributed by atoms with Gasteiger partial charge >= 0.3 is 0 Å². The smallest absolute Gasteiger partial charge is 0.266 e. The number of para-hydroxylation sites is 1. The molecule has 0 bridgehead atoms. The molecule has 0 radical (unpaired) electrons. The number of fused-ring (bicyclic) bond motifs is 1. The van der Waals surface area contributed by atoms with Crippen molar-refractivity contribution >= 4 is 28.6 Å². The molecule has 3 aromatic carbocycles. The number of rotatable bonds is 7. The van der Waals surface area contributed by atoms with Crippen molar-refractivity contribution in [3.05, 3.63) is 93.8 Å². The summed E-state index contributed by atoms with van der Waals surface area (Å²) in [7, 11) is 1.58. The van der Waals surface area contributed by atoms with Gasteiger partial charge in [-0.15, -0.1) is 0 Å². The minimum Gasteiger partial charge on any atom is -0.497 e. The second-order valence-corrected chi connectivity index (χ2v) is 9.12. The van der Waals surface area contributed by atoms with Gasteiger partial charge < -0.3 is 10.1 Å². The number of aryl methyl sites for hydroxylation is 2. The molecular formula is C27H27N3O3S. The van der Waals surface area contributed by atoms with Gasteiger partial charge in [0, 0.05) is 6.07 Å². The maximum absolute atomic E-state index is 13.4. The maximum atomic E-state index is 13.4. The lowest BCUT2D eigenvalue weighted by Crippen LogP contribution is -2.29. The van der Waals surface area contributed by atoms with Crippen LogP contribution >= 0.6 is 11.8 Å². The SMILES string of the molecule is COc1cccc(-n2c(SCC(=O)NC(C)c3ccc(C)c(C)c3)nc3ccccc3c2=O)c1. The number of hydrogen-bond acceptors (Lipinski definition) is 5. The summed E-state index contributed by atoms with van der Waals surface area (Å²) >= 11 is 1.23. The Bertz CT molecular complexity index is 1410. The Morgan fingerprint density at radius 2 is 1.85 bits per heavy atom. The third-order valence-electron chi connectivity index (χ3n) is 5.80. The molecule has 0 aliphatic heterocycles. The molecule has 1 atom stereocenters. The van der Waals surface area contributed by atoms with Crippen LogP contribution in [0.3, 0.4) is 0 Å². The van der Waals surface area contributed by atoms with Crippen molar-refractivity contribution < 1.29 is 9.53 Å². The van der Waals surface area contributed by atoms with Gasteiger partial charge in [0.05, 0.1) is 35.5 Å². The predicted molar refractivity (Wildman–Crippen MR) is 137 cm³/mol. The fourth-order valence-corrected chi connectivity index (χ4v) is 4.54. The standard InChI is InChI=1S/C27H27N3O3S/c1-17-12-13-20(14-18(17)2)19(3)28-25(31)16-34-27-29-24-11-6-5-10-23(24)26(32)30(27)21-8-7-9-22(15-21)33-4/h5-15,19H,16H2,1-4H3,(H,28,31). The number of carbonyl (C=O) groups excluding carboxylic acids is 1. The van der Waals surface area contributed by atoms with E-state index in [0.717, 1.165) is 5.56 Å².